The van der Waals surface area contributed by atoms with Crippen molar-refractivity contribution in [2.75, 3.05) is 0 Å². The van der Waals surface area contributed by atoms with Crippen LogP contribution in [-0.4, -0.2) is 32.0 Å². The quantitative estimate of drug-likeness (QED) is 0.819. The number of aromatic nitrogens is 3. The van der Waals surface area contributed by atoms with E-state index in [1.807, 2.05) is 36.7 Å². The predicted octanol–water partition coefficient (Wildman–Crippen LogP) is 2.95. The number of amides is 1. The normalized spacial score (nSPS) is 16.2. The Morgan fingerprint density at radius 3 is 2.71 bits per heavy atom. The molecule has 1 amide bonds. The zero-order valence-corrected chi connectivity index (χ0v) is 15.1. The molecule has 0 unspecified atom stereocenters. The third-order valence-electron chi connectivity index (χ3n) is 4.48. The van der Waals surface area contributed by atoms with Gasteiger partial charge in [0.2, 0.25) is 5.91 Å². The molecule has 1 N–H and O–H groups in total. The largest absolute Gasteiger partial charge is 0.352 e. The molecule has 1 heterocycles. The molecule has 128 valence electrons. The highest BCUT2D eigenvalue weighted by atomic mass is 32.2. The first-order valence-corrected chi connectivity index (χ1v) is 9.40. The van der Waals surface area contributed by atoms with E-state index >= 15 is 0 Å². The third kappa shape index (κ3) is 4.17. The molecule has 24 heavy (non-hydrogen) atoms. The van der Waals surface area contributed by atoms with E-state index in [4.69, 9.17) is 0 Å². The predicted molar refractivity (Wildman–Crippen MR) is 96.0 cm³/mol. The maximum Gasteiger partial charge on any atom is 0.233 e. The van der Waals surface area contributed by atoms with Crippen LogP contribution in [0.3, 0.4) is 0 Å². The molecule has 1 atom stereocenters. The van der Waals surface area contributed by atoms with E-state index in [0.29, 0.717) is 6.04 Å². The van der Waals surface area contributed by atoms with Crippen LogP contribution >= 0.6 is 11.8 Å². The summed E-state index contributed by atoms with van der Waals surface area (Å²) < 4.78 is 1.98. The van der Waals surface area contributed by atoms with Gasteiger partial charge in [-0.2, -0.15) is 0 Å². The number of carbonyl (C=O) groups is 1. The first kappa shape index (κ1) is 17.0. The lowest BCUT2D eigenvalue weighted by molar-refractivity contribution is -0.120. The summed E-state index contributed by atoms with van der Waals surface area (Å²) in [5.74, 6) is 1.01. The van der Waals surface area contributed by atoms with E-state index in [-0.39, 0.29) is 11.2 Å². The highest BCUT2D eigenvalue weighted by Crippen LogP contribution is 2.24. The Kier molecular flexibility index (Phi) is 5.56. The van der Waals surface area contributed by atoms with Crippen LogP contribution in [0.4, 0.5) is 0 Å². The number of nitrogens with one attached hydrogen (secondary N) is 1. The van der Waals surface area contributed by atoms with Gasteiger partial charge < -0.3 is 9.88 Å². The fourth-order valence-corrected chi connectivity index (χ4v) is 3.82. The lowest BCUT2D eigenvalue weighted by Crippen LogP contribution is -2.37. The minimum Gasteiger partial charge on any atom is -0.352 e. The molecule has 0 saturated heterocycles. The van der Waals surface area contributed by atoms with Crippen molar-refractivity contribution in [1.82, 2.24) is 20.1 Å². The molecule has 1 aliphatic carbocycles. The van der Waals surface area contributed by atoms with Gasteiger partial charge in [0.1, 0.15) is 5.82 Å². The number of carbonyl (C=O) groups excluding carboxylic acids is 1. The van der Waals surface area contributed by atoms with E-state index in [9.17, 15) is 4.79 Å². The fourth-order valence-electron chi connectivity index (χ4n) is 2.98. The highest BCUT2D eigenvalue weighted by molar-refractivity contribution is 8.00. The zero-order chi connectivity index (χ0) is 16.9. The number of hydrogen-bond acceptors (Lipinski definition) is 4. The Hall–Kier alpha value is -1.82. The topological polar surface area (TPSA) is 59.8 Å². The minimum atomic E-state index is -0.168. The molecule has 1 fully saturated rings. The van der Waals surface area contributed by atoms with Crippen LogP contribution in [0.15, 0.2) is 35.5 Å². The first-order chi connectivity index (χ1) is 11.6. The molecule has 0 bridgehead atoms. The van der Waals surface area contributed by atoms with E-state index in [1.54, 1.807) is 0 Å². The lowest BCUT2D eigenvalue weighted by atomic mass is 10.1. The van der Waals surface area contributed by atoms with Crippen molar-refractivity contribution in [2.24, 2.45) is 7.05 Å². The second-order valence-electron chi connectivity index (χ2n) is 6.37. The second-order valence-corrected chi connectivity index (χ2v) is 7.68. The molecule has 5 nitrogen and oxygen atoms in total. The van der Waals surface area contributed by atoms with Crippen molar-refractivity contribution < 1.29 is 4.79 Å². The van der Waals surface area contributed by atoms with Gasteiger partial charge in [0.15, 0.2) is 5.16 Å². The molecule has 0 radical (unpaired) electrons. The molecule has 1 aromatic heterocycles. The maximum atomic E-state index is 12.3. The van der Waals surface area contributed by atoms with Gasteiger partial charge in [-0.1, -0.05) is 54.9 Å². The maximum absolute atomic E-state index is 12.3. The first-order valence-electron chi connectivity index (χ1n) is 8.52. The van der Waals surface area contributed by atoms with Crippen LogP contribution < -0.4 is 5.32 Å². The molecule has 1 saturated carbocycles. The van der Waals surface area contributed by atoms with Gasteiger partial charge >= 0.3 is 0 Å². The van der Waals surface area contributed by atoms with Crippen molar-refractivity contribution in [3.05, 3.63) is 41.7 Å². The number of nitrogens with zero attached hydrogens (tertiary/aromatic N) is 3. The monoisotopic (exact) mass is 344 g/mol. The van der Waals surface area contributed by atoms with Crippen molar-refractivity contribution >= 4 is 17.7 Å². The van der Waals surface area contributed by atoms with Crippen molar-refractivity contribution in [3.8, 4) is 0 Å². The van der Waals surface area contributed by atoms with Gasteiger partial charge in [-0.25, -0.2) is 0 Å². The fraction of sp³-hybridized carbons (Fsp3) is 0.500. The molecule has 6 heteroatoms. The minimum absolute atomic E-state index is 0.0968. The van der Waals surface area contributed by atoms with Crippen LogP contribution in [0.2, 0.25) is 0 Å². The average molecular weight is 344 g/mol. The van der Waals surface area contributed by atoms with Crippen LogP contribution in [0, 0.1) is 0 Å². The van der Waals surface area contributed by atoms with E-state index in [0.717, 1.165) is 30.2 Å². The zero-order valence-electron chi connectivity index (χ0n) is 14.2. The van der Waals surface area contributed by atoms with Gasteiger partial charge in [0, 0.05) is 19.5 Å². The van der Waals surface area contributed by atoms with Crippen LogP contribution in [-0.2, 0) is 18.3 Å². The number of rotatable bonds is 6. The Balaban J connectivity index is 1.59. The Morgan fingerprint density at radius 1 is 1.29 bits per heavy atom. The second kappa shape index (κ2) is 7.83. The Labute approximate surface area is 147 Å². The summed E-state index contributed by atoms with van der Waals surface area (Å²) in [6.07, 6.45) is 5.40. The van der Waals surface area contributed by atoms with Gasteiger partial charge in [0.05, 0.1) is 5.25 Å². The molecule has 1 aliphatic rings. The highest BCUT2D eigenvalue weighted by Gasteiger charge is 2.23. The molecular formula is C18H24N4OS. The number of hydrogen-bond donors (Lipinski definition) is 1. The van der Waals surface area contributed by atoms with Gasteiger partial charge in [-0.3, -0.25) is 4.79 Å². The summed E-state index contributed by atoms with van der Waals surface area (Å²) in [5.41, 5.74) is 1.21. The van der Waals surface area contributed by atoms with Crippen LogP contribution in [0.25, 0.3) is 0 Å². The SMILES string of the molecule is C[C@@H](Sc1nnc(Cc2ccccc2)n1C)C(=O)NC1CCCC1. The summed E-state index contributed by atoms with van der Waals surface area (Å²) in [5, 5.41) is 12.3. The van der Waals surface area contributed by atoms with Crippen molar-refractivity contribution in [2.45, 2.75) is 55.5 Å². The Morgan fingerprint density at radius 2 is 2.00 bits per heavy atom. The van der Waals surface area contributed by atoms with Crippen molar-refractivity contribution in [1.29, 1.82) is 0 Å². The summed E-state index contributed by atoms with van der Waals surface area (Å²) >= 11 is 1.47. The lowest BCUT2D eigenvalue weighted by Gasteiger charge is -2.16. The summed E-state index contributed by atoms with van der Waals surface area (Å²) in [7, 11) is 1.96. The van der Waals surface area contributed by atoms with E-state index < -0.39 is 0 Å². The van der Waals surface area contributed by atoms with Crippen LogP contribution in [0.5, 0.6) is 0 Å². The molecule has 3 rings (SSSR count). The van der Waals surface area contributed by atoms with Gasteiger partial charge in [0.25, 0.3) is 0 Å². The molecule has 0 spiro atoms. The smallest absolute Gasteiger partial charge is 0.233 e. The molecule has 2 aromatic rings. The summed E-state index contributed by atoms with van der Waals surface area (Å²) in [6, 6.07) is 10.6. The standard InChI is InChI=1S/C18H24N4OS/c1-13(17(23)19-15-10-6-7-11-15)24-18-21-20-16(22(18)2)12-14-8-4-3-5-9-14/h3-5,8-9,13,15H,6-7,10-12H2,1-2H3,(H,19,23)/t13-/m1/s1. The number of thioether (sulfide) groups is 1. The van der Waals surface area contributed by atoms with E-state index in [2.05, 4.69) is 27.6 Å². The molecule has 0 aliphatic heterocycles. The Bertz CT molecular complexity index is 680. The van der Waals surface area contributed by atoms with Crippen molar-refractivity contribution in [3.63, 3.8) is 0 Å². The van der Waals surface area contributed by atoms with Gasteiger partial charge in [-0.15, -0.1) is 10.2 Å². The third-order valence-corrected chi connectivity index (χ3v) is 5.62. The van der Waals surface area contributed by atoms with Crippen LogP contribution in [0.1, 0.15) is 44.0 Å². The average Bonchev–Trinajstić information content (AvgIpc) is 3.21. The summed E-state index contributed by atoms with van der Waals surface area (Å²) in [4.78, 5) is 12.3. The van der Waals surface area contributed by atoms with Gasteiger partial charge in [-0.05, 0) is 25.3 Å². The molecule has 1 aromatic carbocycles. The number of benzene rings is 1. The van der Waals surface area contributed by atoms with E-state index in [1.165, 1.54) is 30.2 Å². The molecular weight excluding hydrogens is 320 g/mol. The summed E-state index contributed by atoms with van der Waals surface area (Å²) in [6.45, 7) is 1.93.